The maximum Gasteiger partial charge on any atom is 0.257 e. The van der Waals surface area contributed by atoms with Crippen molar-refractivity contribution >= 4 is 22.9 Å². The zero-order chi connectivity index (χ0) is 15.0. The van der Waals surface area contributed by atoms with Crippen LogP contribution < -0.4 is 14.8 Å². The maximum atomic E-state index is 12.6. The van der Waals surface area contributed by atoms with Crippen LogP contribution in [0.15, 0.2) is 29.0 Å². The summed E-state index contributed by atoms with van der Waals surface area (Å²) in [6.07, 6.45) is -0.172. The fraction of sp³-hybridized carbons (Fsp3) is 0.267. The molecule has 0 aliphatic carbocycles. The molecule has 1 atom stereocenters. The first kappa shape index (κ1) is 13.8. The van der Waals surface area contributed by atoms with Gasteiger partial charge in [0, 0.05) is 18.7 Å². The number of methoxy groups -OCH3 is 2. The van der Waals surface area contributed by atoms with Gasteiger partial charge in [0.2, 0.25) is 0 Å². The lowest BCUT2D eigenvalue weighted by molar-refractivity contribution is 0.0735. The molecule has 0 radical (unpaired) electrons. The van der Waals surface area contributed by atoms with E-state index in [0.717, 1.165) is 11.3 Å². The standard InChI is InChI=1S/C15H16N2O3S/c1-17-14(9-4-5-21-8-9)16-11-7-13(20-3)12(19-2)6-10(11)15(17)18/h4-8,14,16H,1-3H3/t14-/m0/s1. The smallest absolute Gasteiger partial charge is 0.257 e. The molecule has 0 unspecified atom stereocenters. The number of carbonyl (C=O) groups is 1. The van der Waals surface area contributed by atoms with Crippen LogP contribution in [0, 0.1) is 0 Å². The summed E-state index contributed by atoms with van der Waals surface area (Å²) in [4.78, 5) is 14.3. The van der Waals surface area contributed by atoms with Crippen molar-refractivity contribution in [1.29, 1.82) is 0 Å². The summed E-state index contributed by atoms with van der Waals surface area (Å²) in [5.41, 5.74) is 2.41. The molecule has 0 spiro atoms. The van der Waals surface area contributed by atoms with Crippen LogP contribution in [0.25, 0.3) is 0 Å². The number of carbonyl (C=O) groups excluding carboxylic acids is 1. The van der Waals surface area contributed by atoms with Gasteiger partial charge in [0.15, 0.2) is 11.5 Å². The molecule has 2 aromatic rings. The molecule has 1 aromatic carbocycles. The second-order valence-electron chi connectivity index (χ2n) is 4.77. The van der Waals surface area contributed by atoms with Gasteiger partial charge in [-0.15, -0.1) is 0 Å². The van der Waals surface area contributed by atoms with E-state index in [0.29, 0.717) is 17.1 Å². The van der Waals surface area contributed by atoms with Crippen LogP contribution in [0.1, 0.15) is 22.1 Å². The number of thiophene rings is 1. The van der Waals surface area contributed by atoms with Gasteiger partial charge in [0.05, 0.1) is 25.5 Å². The molecule has 1 amide bonds. The van der Waals surface area contributed by atoms with Crippen LogP contribution in [0.3, 0.4) is 0 Å². The van der Waals surface area contributed by atoms with E-state index in [1.165, 1.54) is 0 Å². The molecule has 0 bridgehead atoms. The highest BCUT2D eigenvalue weighted by molar-refractivity contribution is 7.08. The van der Waals surface area contributed by atoms with E-state index >= 15 is 0 Å². The Kier molecular flexibility index (Phi) is 3.47. The van der Waals surface area contributed by atoms with Crippen molar-refractivity contribution in [2.24, 2.45) is 0 Å². The summed E-state index contributed by atoms with van der Waals surface area (Å²) in [6, 6.07) is 5.53. The van der Waals surface area contributed by atoms with Crippen molar-refractivity contribution < 1.29 is 14.3 Å². The van der Waals surface area contributed by atoms with Crippen LogP contribution in [0.2, 0.25) is 0 Å². The Morgan fingerprint density at radius 3 is 2.57 bits per heavy atom. The highest BCUT2D eigenvalue weighted by atomic mass is 32.1. The Bertz CT molecular complexity index is 670. The molecule has 2 heterocycles. The second-order valence-corrected chi connectivity index (χ2v) is 5.55. The Hall–Kier alpha value is -2.21. The predicted octanol–water partition coefficient (Wildman–Crippen LogP) is 2.96. The summed E-state index contributed by atoms with van der Waals surface area (Å²) in [6.45, 7) is 0. The third-order valence-corrected chi connectivity index (χ3v) is 4.31. The molecule has 0 fully saturated rings. The Balaban J connectivity index is 2.07. The largest absolute Gasteiger partial charge is 0.493 e. The van der Waals surface area contributed by atoms with E-state index in [-0.39, 0.29) is 12.1 Å². The van der Waals surface area contributed by atoms with Crippen molar-refractivity contribution in [2.75, 3.05) is 26.6 Å². The van der Waals surface area contributed by atoms with Crippen LogP contribution in [0.4, 0.5) is 5.69 Å². The number of rotatable bonds is 3. The molecule has 0 saturated carbocycles. The fourth-order valence-electron chi connectivity index (χ4n) is 2.46. The zero-order valence-electron chi connectivity index (χ0n) is 12.0. The number of hydrogen-bond donors (Lipinski definition) is 1. The lowest BCUT2D eigenvalue weighted by Gasteiger charge is -2.35. The first-order valence-corrected chi connectivity index (χ1v) is 7.41. The van der Waals surface area contributed by atoms with Gasteiger partial charge in [-0.2, -0.15) is 11.3 Å². The van der Waals surface area contributed by atoms with Crippen LogP contribution in [0.5, 0.6) is 11.5 Å². The van der Waals surface area contributed by atoms with Gasteiger partial charge in [-0.25, -0.2) is 0 Å². The number of amides is 1. The summed E-state index contributed by atoms with van der Waals surface area (Å²) < 4.78 is 10.6. The van der Waals surface area contributed by atoms with Gasteiger partial charge in [-0.3, -0.25) is 4.79 Å². The minimum Gasteiger partial charge on any atom is -0.493 e. The summed E-state index contributed by atoms with van der Waals surface area (Å²) in [7, 11) is 4.93. The number of nitrogens with one attached hydrogen (secondary N) is 1. The SMILES string of the molecule is COc1cc2c(cc1OC)C(=O)N(C)[C@@H](c1ccsc1)N2. The average molecular weight is 304 g/mol. The molecule has 0 saturated heterocycles. The Labute approximate surface area is 127 Å². The summed E-state index contributed by atoms with van der Waals surface area (Å²) in [5.74, 6) is 1.11. The van der Waals surface area contributed by atoms with Gasteiger partial charge in [-0.1, -0.05) is 0 Å². The lowest BCUT2D eigenvalue weighted by atomic mass is 10.0. The van der Waals surface area contributed by atoms with Gasteiger partial charge in [0.25, 0.3) is 5.91 Å². The first-order valence-electron chi connectivity index (χ1n) is 6.47. The van der Waals surface area contributed by atoms with E-state index in [9.17, 15) is 4.79 Å². The third kappa shape index (κ3) is 2.21. The van der Waals surface area contributed by atoms with E-state index in [1.807, 2.05) is 16.8 Å². The number of ether oxygens (including phenoxy) is 2. The molecule has 21 heavy (non-hydrogen) atoms. The molecule has 1 aliphatic heterocycles. The normalized spacial score (nSPS) is 17.2. The first-order chi connectivity index (χ1) is 10.2. The van der Waals surface area contributed by atoms with Crippen molar-refractivity contribution in [3.63, 3.8) is 0 Å². The number of nitrogens with zero attached hydrogens (tertiary/aromatic N) is 1. The van der Waals surface area contributed by atoms with Crippen molar-refractivity contribution in [3.8, 4) is 11.5 Å². The van der Waals surface area contributed by atoms with Crippen LogP contribution >= 0.6 is 11.3 Å². The number of hydrogen-bond acceptors (Lipinski definition) is 5. The van der Waals surface area contributed by atoms with Crippen molar-refractivity contribution in [2.45, 2.75) is 6.17 Å². The second kappa shape index (κ2) is 5.29. The molecule has 1 aromatic heterocycles. The molecule has 3 rings (SSSR count). The predicted molar refractivity (Wildman–Crippen MR) is 82.3 cm³/mol. The zero-order valence-corrected chi connectivity index (χ0v) is 12.9. The van der Waals surface area contributed by atoms with Crippen molar-refractivity contribution in [1.82, 2.24) is 4.90 Å². The van der Waals surface area contributed by atoms with Gasteiger partial charge < -0.3 is 19.7 Å². The van der Waals surface area contributed by atoms with Crippen LogP contribution in [-0.2, 0) is 0 Å². The van der Waals surface area contributed by atoms with Gasteiger partial charge >= 0.3 is 0 Å². The van der Waals surface area contributed by atoms with Crippen molar-refractivity contribution in [3.05, 3.63) is 40.1 Å². The molecule has 1 N–H and O–H groups in total. The maximum absolute atomic E-state index is 12.6. The van der Waals surface area contributed by atoms with Crippen LogP contribution in [-0.4, -0.2) is 32.1 Å². The Morgan fingerprint density at radius 1 is 1.24 bits per heavy atom. The minimum absolute atomic E-state index is 0.0408. The average Bonchev–Trinajstić information content (AvgIpc) is 3.03. The lowest BCUT2D eigenvalue weighted by Crippen LogP contribution is -2.40. The van der Waals surface area contributed by atoms with E-state index < -0.39 is 0 Å². The van der Waals surface area contributed by atoms with E-state index in [1.54, 1.807) is 49.6 Å². The number of anilines is 1. The third-order valence-electron chi connectivity index (χ3n) is 3.61. The van der Waals surface area contributed by atoms with E-state index in [2.05, 4.69) is 5.32 Å². The fourth-order valence-corrected chi connectivity index (χ4v) is 3.14. The highest BCUT2D eigenvalue weighted by Gasteiger charge is 2.31. The topological polar surface area (TPSA) is 50.8 Å². The quantitative estimate of drug-likeness (QED) is 0.947. The van der Waals surface area contributed by atoms with Gasteiger partial charge in [-0.05, 0) is 22.9 Å². The molecule has 6 heteroatoms. The number of fused-ring (bicyclic) bond motifs is 1. The number of benzene rings is 1. The summed E-state index contributed by atoms with van der Waals surface area (Å²) in [5, 5.41) is 7.42. The molecular weight excluding hydrogens is 288 g/mol. The highest BCUT2D eigenvalue weighted by Crippen LogP contribution is 2.39. The minimum atomic E-state index is -0.172. The van der Waals surface area contributed by atoms with E-state index in [4.69, 9.17) is 9.47 Å². The summed E-state index contributed by atoms with van der Waals surface area (Å²) >= 11 is 1.61. The molecule has 110 valence electrons. The molecule has 5 nitrogen and oxygen atoms in total. The Morgan fingerprint density at radius 2 is 1.95 bits per heavy atom. The monoisotopic (exact) mass is 304 g/mol. The molecule has 1 aliphatic rings. The van der Waals surface area contributed by atoms with Gasteiger partial charge in [0.1, 0.15) is 6.17 Å². The molecular formula is C15H16N2O3S.